The summed E-state index contributed by atoms with van der Waals surface area (Å²) in [6.07, 6.45) is -2.49. The van der Waals surface area contributed by atoms with Gasteiger partial charge in [-0.2, -0.15) is 0 Å². The van der Waals surface area contributed by atoms with Crippen molar-refractivity contribution in [2.75, 3.05) is 11.9 Å². The van der Waals surface area contributed by atoms with E-state index in [4.69, 9.17) is 11.6 Å². The number of rotatable bonds is 5. The standard InChI is InChI=1S/C15H14ClF2NO/c16-12-2-1-3-13(8-12)19-14(9-20)10-4-6-11(7-5-10)15(17)18/h1-8,14-15,19-20H,9H2. The normalized spacial score (nSPS) is 12.4. The molecule has 2 aromatic rings. The number of halogens is 3. The molecule has 0 spiro atoms. The van der Waals surface area contributed by atoms with Crippen LogP contribution in [0, 0.1) is 0 Å². The number of aliphatic hydroxyl groups is 1. The molecule has 0 radical (unpaired) electrons. The highest BCUT2D eigenvalue weighted by molar-refractivity contribution is 6.30. The molecular formula is C15H14ClF2NO. The molecule has 106 valence electrons. The molecule has 1 unspecified atom stereocenters. The SMILES string of the molecule is OCC(Nc1cccc(Cl)c1)c1ccc(C(F)F)cc1. The average molecular weight is 298 g/mol. The molecule has 0 aromatic heterocycles. The second-order valence-electron chi connectivity index (χ2n) is 4.36. The van der Waals surface area contributed by atoms with Gasteiger partial charge in [-0.3, -0.25) is 0 Å². The van der Waals surface area contributed by atoms with E-state index in [0.717, 1.165) is 11.3 Å². The minimum Gasteiger partial charge on any atom is -0.394 e. The fraction of sp³-hybridized carbons (Fsp3) is 0.200. The molecule has 0 aliphatic heterocycles. The fourth-order valence-electron chi connectivity index (χ4n) is 1.89. The van der Waals surface area contributed by atoms with Gasteiger partial charge >= 0.3 is 0 Å². The molecular weight excluding hydrogens is 284 g/mol. The van der Waals surface area contributed by atoms with Crippen LogP contribution in [0.2, 0.25) is 5.02 Å². The Morgan fingerprint density at radius 3 is 2.25 bits per heavy atom. The van der Waals surface area contributed by atoms with E-state index < -0.39 is 6.43 Å². The number of hydrogen-bond donors (Lipinski definition) is 2. The van der Waals surface area contributed by atoms with E-state index in [1.807, 2.05) is 6.07 Å². The summed E-state index contributed by atoms with van der Waals surface area (Å²) in [5, 5.41) is 13.1. The van der Waals surface area contributed by atoms with Gasteiger partial charge in [-0.25, -0.2) is 8.78 Å². The van der Waals surface area contributed by atoms with Crippen LogP contribution in [-0.2, 0) is 0 Å². The number of anilines is 1. The van der Waals surface area contributed by atoms with Crippen molar-refractivity contribution < 1.29 is 13.9 Å². The maximum absolute atomic E-state index is 12.5. The maximum atomic E-state index is 12.5. The molecule has 2 nitrogen and oxygen atoms in total. The largest absolute Gasteiger partial charge is 0.394 e. The van der Waals surface area contributed by atoms with Gasteiger partial charge in [-0.15, -0.1) is 0 Å². The molecule has 0 fully saturated rings. The van der Waals surface area contributed by atoms with E-state index in [1.165, 1.54) is 12.1 Å². The van der Waals surface area contributed by atoms with Crippen LogP contribution in [0.4, 0.5) is 14.5 Å². The number of alkyl halides is 2. The van der Waals surface area contributed by atoms with Crippen LogP contribution in [0.5, 0.6) is 0 Å². The molecule has 0 aliphatic rings. The summed E-state index contributed by atoms with van der Waals surface area (Å²) in [7, 11) is 0. The van der Waals surface area contributed by atoms with Gasteiger partial charge in [0.1, 0.15) is 0 Å². The molecule has 5 heteroatoms. The van der Waals surface area contributed by atoms with Gasteiger partial charge in [0.05, 0.1) is 12.6 Å². The van der Waals surface area contributed by atoms with Crippen LogP contribution in [0.15, 0.2) is 48.5 Å². The number of nitrogens with one attached hydrogen (secondary N) is 1. The summed E-state index contributed by atoms with van der Waals surface area (Å²) in [5.41, 5.74) is 1.46. The molecule has 0 saturated heterocycles. The van der Waals surface area contributed by atoms with Crippen LogP contribution in [0.25, 0.3) is 0 Å². The molecule has 2 aromatic carbocycles. The van der Waals surface area contributed by atoms with Gasteiger partial charge in [0.25, 0.3) is 6.43 Å². The molecule has 0 aliphatic carbocycles. The summed E-state index contributed by atoms with van der Waals surface area (Å²) < 4.78 is 25.0. The Bertz CT molecular complexity index is 560. The monoisotopic (exact) mass is 297 g/mol. The van der Waals surface area contributed by atoms with Gasteiger partial charge < -0.3 is 10.4 Å². The molecule has 1 atom stereocenters. The summed E-state index contributed by atoms with van der Waals surface area (Å²) >= 11 is 5.89. The van der Waals surface area contributed by atoms with E-state index in [-0.39, 0.29) is 18.2 Å². The Morgan fingerprint density at radius 2 is 1.70 bits per heavy atom. The van der Waals surface area contributed by atoms with Crippen molar-refractivity contribution in [3.05, 3.63) is 64.7 Å². The van der Waals surface area contributed by atoms with Crippen molar-refractivity contribution >= 4 is 17.3 Å². The highest BCUT2D eigenvalue weighted by Gasteiger charge is 2.12. The van der Waals surface area contributed by atoms with Gasteiger partial charge in [0.2, 0.25) is 0 Å². The predicted molar refractivity (Wildman–Crippen MR) is 76.3 cm³/mol. The van der Waals surface area contributed by atoms with E-state index in [0.29, 0.717) is 5.02 Å². The molecule has 0 amide bonds. The summed E-state index contributed by atoms with van der Waals surface area (Å²) in [6.45, 7) is -0.152. The Morgan fingerprint density at radius 1 is 1.05 bits per heavy atom. The minimum atomic E-state index is -2.49. The topological polar surface area (TPSA) is 32.3 Å². The minimum absolute atomic E-state index is 0.0341. The highest BCUT2D eigenvalue weighted by atomic mass is 35.5. The lowest BCUT2D eigenvalue weighted by Crippen LogP contribution is -2.14. The first-order valence-electron chi connectivity index (χ1n) is 6.11. The summed E-state index contributed by atoms with van der Waals surface area (Å²) in [6, 6.07) is 12.6. The van der Waals surface area contributed by atoms with Crippen LogP contribution in [0.3, 0.4) is 0 Å². The van der Waals surface area contributed by atoms with Crippen molar-refractivity contribution in [1.82, 2.24) is 0 Å². The Labute approximate surface area is 121 Å². The van der Waals surface area contributed by atoms with E-state index in [2.05, 4.69) is 5.32 Å². The Kier molecular flexibility index (Phi) is 4.93. The lowest BCUT2D eigenvalue weighted by Gasteiger charge is -2.18. The van der Waals surface area contributed by atoms with E-state index >= 15 is 0 Å². The third kappa shape index (κ3) is 3.68. The van der Waals surface area contributed by atoms with E-state index in [1.54, 1.807) is 30.3 Å². The van der Waals surface area contributed by atoms with Crippen molar-refractivity contribution in [3.8, 4) is 0 Å². The first kappa shape index (κ1) is 14.8. The zero-order valence-electron chi connectivity index (χ0n) is 10.6. The van der Waals surface area contributed by atoms with Crippen LogP contribution in [-0.4, -0.2) is 11.7 Å². The number of benzene rings is 2. The number of aliphatic hydroxyl groups excluding tert-OH is 1. The zero-order chi connectivity index (χ0) is 14.5. The smallest absolute Gasteiger partial charge is 0.263 e. The molecule has 0 heterocycles. The lowest BCUT2D eigenvalue weighted by atomic mass is 10.0. The second-order valence-corrected chi connectivity index (χ2v) is 4.79. The van der Waals surface area contributed by atoms with Crippen molar-refractivity contribution in [2.24, 2.45) is 0 Å². The van der Waals surface area contributed by atoms with Gasteiger partial charge in [-0.1, -0.05) is 41.9 Å². The van der Waals surface area contributed by atoms with Crippen LogP contribution < -0.4 is 5.32 Å². The Balaban J connectivity index is 2.15. The van der Waals surface area contributed by atoms with Gasteiger partial charge in [-0.05, 0) is 23.8 Å². The van der Waals surface area contributed by atoms with Crippen LogP contribution >= 0.6 is 11.6 Å². The van der Waals surface area contributed by atoms with Crippen molar-refractivity contribution in [3.63, 3.8) is 0 Å². The molecule has 20 heavy (non-hydrogen) atoms. The van der Waals surface area contributed by atoms with Crippen LogP contribution in [0.1, 0.15) is 23.6 Å². The summed E-state index contributed by atoms with van der Waals surface area (Å²) in [5.74, 6) is 0. The van der Waals surface area contributed by atoms with Gasteiger partial charge in [0, 0.05) is 16.3 Å². The summed E-state index contributed by atoms with van der Waals surface area (Å²) in [4.78, 5) is 0. The molecule has 0 bridgehead atoms. The Hall–Kier alpha value is -1.65. The third-order valence-electron chi connectivity index (χ3n) is 2.94. The fourth-order valence-corrected chi connectivity index (χ4v) is 2.08. The predicted octanol–water partition coefficient (Wildman–Crippen LogP) is 4.42. The lowest BCUT2D eigenvalue weighted by molar-refractivity contribution is 0.151. The van der Waals surface area contributed by atoms with Crippen molar-refractivity contribution in [2.45, 2.75) is 12.5 Å². The third-order valence-corrected chi connectivity index (χ3v) is 3.17. The average Bonchev–Trinajstić information content (AvgIpc) is 2.45. The number of hydrogen-bond acceptors (Lipinski definition) is 2. The zero-order valence-corrected chi connectivity index (χ0v) is 11.3. The molecule has 2 N–H and O–H groups in total. The first-order chi connectivity index (χ1) is 9.60. The molecule has 0 saturated carbocycles. The van der Waals surface area contributed by atoms with E-state index in [9.17, 15) is 13.9 Å². The maximum Gasteiger partial charge on any atom is 0.263 e. The first-order valence-corrected chi connectivity index (χ1v) is 6.49. The van der Waals surface area contributed by atoms with Gasteiger partial charge in [0.15, 0.2) is 0 Å². The quantitative estimate of drug-likeness (QED) is 0.856. The second kappa shape index (κ2) is 6.68. The van der Waals surface area contributed by atoms with Crippen molar-refractivity contribution in [1.29, 1.82) is 0 Å². The molecule has 2 rings (SSSR count). The highest BCUT2D eigenvalue weighted by Crippen LogP contribution is 2.24.